The zero-order valence-corrected chi connectivity index (χ0v) is 10.7. The molecule has 90 valence electrons. The van der Waals surface area contributed by atoms with Crippen LogP contribution in [0.1, 0.15) is 11.3 Å². The van der Waals surface area contributed by atoms with Crippen LogP contribution in [-0.4, -0.2) is 12.0 Å². The van der Waals surface area contributed by atoms with Gasteiger partial charge in [0.2, 0.25) is 0 Å². The fourth-order valence-electron chi connectivity index (χ4n) is 1.76. The highest BCUT2D eigenvalue weighted by Gasteiger charge is 2.10. The molecule has 0 saturated heterocycles. The molecule has 3 nitrogen and oxygen atoms in total. The fraction of sp³-hybridized carbons (Fsp3) is 0.143. The number of pyridine rings is 1. The maximum atomic E-state index is 9.14. The molecule has 0 fully saturated rings. The van der Waals surface area contributed by atoms with Crippen LogP contribution in [0.25, 0.3) is 0 Å². The van der Waals surface area contributed by atoms with E-state index in [4.69, 9.17) is 16.9 Å². The van der Waals surface area contributed by atoms with Crippen LogP contribution in [0.3, 0.4) is 0 Å². The van der Waals surface area contributed by atoms with Gasteiger partial charge in [-0.25, -0.2) is 0 Å². The SMILES string of the molecule is CN(Cc1ccccn1)c1cccc(Cl)c1C#N. The van der Waals surface area contributed by atoms with E-state index in [1.807, 2.05) is 42.3 Å². The Bertz CT molecular complexity index is 575. The van der Waals surface area contributed by atoms with E-state index in [1.54, 1.807) is 12.3 Å². The number of hydrogen-bond donors (Lipinski definition) is 0. The van der Waals surface area contributed by atoms with Crippen LogP contribution in [0.2, 0.25) is 5.02 Å². The molecule has 18 heavy (non-hydrogen) atoms. The van der Waals surface area contributed by atoms with Crippen molar-refractivity contribution < 1.29 is 0 Å². The lowest BCUT2D eigenvalue weighted by molar-refractivity contribution is 0.883. The summed E-state index contributed by atoms with van der Waals surface area (Å²) in [4.78, 5) is 6.23. The van der Waals surface area contributed by atoms with Gasteiger partial charge in [-0.3, -0.25) is 4.98 Å². The summed E-state index contributed by atoms with van der Waals surface area (Å²) in [5, 5.41) is 9.61. The van der Waals surface area contributed by atoms with E-state index >= 15 is 0 Å². The van der Waals surface area contributed by atoms with Crippen molar-refractivity contribution in [2.75, 3.05) is 11.9 Å². The highest BCUT2D eigenvalue weighted by Crippen LogP contribution is 2.26. The van der Waals surface area contributed by atoms with Gasteiger partial charge in [0, 0.05) is 13.2 Å². The molecule has 0 spiro atoms. The molecule has 0 bridgehead atoms. The van der Waals surface area contributed by atoms with Crippen molar-refractivity contribution in [3.63, 3.8) is 0 Å². The smallest absolute Gasteiger partial charge is 0.103 e. The normalized spacial score (nSPS) is 9.83. The van der Waals surface area contributed by atoms with Crippen LogP contribution in [-0.2, 0) is 6.54 Å². The number of aromatic nitrogens is 1. The van der Waals surface area contributed by atoms with Crippen LogP contribution in [0, 0.1) is 11.3 Å². The minimum absolute atomic E-state index is 0.475. The van der Waals surface area contributed by atoms with Gasteiger partial charge in [-0.05, 0) is 24.3 Å². The Morgan fingerprint density at radius 3 is 2.78 bits per heavy atom. The molecule has 0 N–H and O–H groups in total. The van der Waals surface area contributed by atoms with Crippen molar-refractivity contribution in [1.82, 2.24) is 4.98 Å². The lowest BCUT2D eigenvalue weighted by atomic mass is 10.1. The Morgan fingerprint density at radius 1 is 1.28 bits per heavy atom. The highest BCUT2D eigenvalue weighted by molar-refractivity contribution is 6.32. The number of hydrogen-bond acceptors (Lipinski definition) is 3. The summed E-state index contributed by atoms with van der Waals surface area (Å²) >= 11 is 6.01. The van der Waals surface area contributed by atoms with Crippen molar-refractivity contribution >= 4 is 17.3 Å². The average molecular weight is 258 g/mol. The van der Waals surface area contributed by atoms with Gasteiger partial charge in [0.25, 0.3) is 0 Å². The number of halogens is 1. The number of anilines is 1. The van der Waals surface area contributed by atoms with E-state index in [1.165, 1.54) is 0 Å². The number of nitrogens with zero attached hydrogens (tertiary/aromatic N) is 3. The second kappa shape index (κ2) is 5.52. The molecule has 0 amide bonds. The summed E-state index contributed by atoms with van der Waals surface area (Å²) in [6.45, 7) is 0.635. The van der Waals surface area contributed by atoms with Gasteiger partial charge in [-0.2, -0.15) is 5.26 Å². The van der Waals surface area contributed by atoms with Crippen molar-refractivity contribution in [2.24, 2.45) is 0 Å². The van der Waals surface area contributed by atoms with E-state index < -0.39 is 0 Å². The number of rotatable bonds is 3. The van der Waals surface area contributed by atoms with E-state index in [-0.39, 0.29) is 0 Å². The fourth-order valence-corrected chi connectivity index (χ4v) is 1.97. The average Bonchev–Trinajstić information content (AvgIpc) is 2.39. The summed E-state index contributed by atoms with van der Waals surface area (Å²) in [6, 6.07) is 13.4. The van der Waals surface area contributed by atoms with Gasteiger partial charge in [-0.1, -0.05) is 23.7 Å². The second-order valence-electron chi connectivity index (χ2n) is 3.92. The highest BCUT2D eigenvalue weighted by atomic mass is 35.5. The van der Waals surface area contributed by atoms with Gasteiger partial charge in [0.15, 0.2) is 0 Å². The Hall–Kier alpha value is -2.05. The van der Waals surface area contributed by atoms with E-state index in [0.717, 1.165) is 11.4 Å². The summed E-state index contributed by atoms with van der Waals surface area (Å²) in [5.74, 6) is 0. The summed E-state index contributed by atoms with van der Waals surface area (Å²) in [5.41, 5.74) is 2.26. The third kappa shape index (κ3) is 2.61. The summed E-state index contributed by atoms with van der Waals surface area (Å²) in [6.07, 6.45) is 1.76. The monoisotopic (exact) mass is 257 g/mol. The molecule has 1 aromatic heterocycles. The number of benzene rings is 1. The Morgan fingerprint density at radius 2 is 2.11 bits per heavy atom. The van der Waals surface area contributed by atoms with Crippen molar-refractivity contribution in [3.05, 3.63) is 58.9 Å². The minimum Gasteiger partial charge on any atom is -0.368 e. The topological polar surface area (TPSA) is 39.9 Å². The standard InChI is InChI=1S/C14H12ClN3/c1-18(10-11-5-2-3-8-17-11)14-7-4-6-13(15)12(14)9-16/h2-8H,10H2,1H3. The van der Waals surface area contributed by atoms with Gasteiger partial charge in [-0.15, -0.1) is 0 Å². The van der Waals surface area contributed by atoms with E-state index in [9.17, 15) is 0 Å². The third-order valence-corrected chi connectivity index (χ3v) is 2.95. The van der Waals surface area contributed by atoms with Crippen LogP contribution in [0.15, 0.2) is 42.6 Å². The van der Waals surface area contributed by atoms with Crippen molar-refractivity contribution in [2.45, 2.75) is 6.54 Å². The maximum Gasteiger partial charge on any atom is 0.103 e. The van der Waals surface area contributed by atoms with Gasteiger partial charge < -0.3 is 4.90 Å². The molecule has 0 unspecified atom stereocenters. The Kier molecular flexibility index (Phi) is 3.81. The molecule has 0 aliphatic heterocycles. The van der Waals surface area contributed by atoms with Gasteiger partial charge >= 0.3 is 0 Å². The van der Waals surface area contributed by atoms with Gasteiger partial charge in [0.05, 0.1) is 28.5 Å². The molecule has 2 aromatic rings. The van der Waals surface area contributed by atoms with Crippen LogP contribution >= 0.6 is 11.6 Å². The first-order valence-corrected chi connectivity index (χ1v) is 5.90. The molecule has 0 atom stereocenters. The minimum atomic E-state index is 0.475. The van der Waals surface area contributed by atoms with E-state index in [2.05, 4.69) is 11.1 Å². The molecule has 2 rings (SSSR count). The summed E-state index contributed by atoms with van der Waals surface area (Å²) < 4.78 is 0. The Balaban J connectivity index is 2.27. The summed E-state index contributed by atoms with van der Waals surface area (Å²) in [7, 11) is 1.92. The number of nitriles is 1. The lowest BCUT2D eigenvalue weighted by Crippen LogP contribution is -2.18. The maximum absolute atomic E-state index is 9.14. The molecule has 0 saturated carbocycles. The van der Waals surface area contributed by atoms with Crippen LogP contribution in [0.5, 0.6) is 0 Å². The van der Waals surface area contributed by atoms with Crippen LogP contribution in [0.4, 0.5) is 5.69 Å². The molecule has 0 radical (unpaired) electrons. The predicted molar refractivity (Wildman–Crippen MR) is 72.5 cm³/mol. The van der Waals surface area contributed by atoms with Crippen LogP contribution < -0.4 is 4.90 Å². The van der Waals surface area contributed by atoms with E-state index in [0.29, 0.717) is 17.1 Å². The van der Waals surface area contributed by atoms with Gasteiger partial charge in [0.1, 0.15) is 6.07 Å². The molecule has 0 aliphatic carbocycles. The molecule has 0 aliphatic rings. The Labute approximate surface area is 111 Å². The molecule has 1 heterocycles. The molecule has 4 heteroatoms. The largest absolute Gasteiger partial charge is 0.368 e. The second-order valence-corrected chi connectivity index (χ2v) is 4.33. The molecular formula is C14H12ClN3. The van der Waals surface area contributed by atoms with Crippen molar-refractivity contribution in [3.8, 4) is 6.07 Å². The first kappa shape index (κ1) is 12.4. The first-order valence-electron chi connectivity index (χ1n) is 5.52. The zero-order chi connectivity index (χ0) is 13.0. The molecule has 1 aromatic carbocycles. The lowest BCUT2D eigenvalue weighted by Gasteiger charge is -2.20. The van der Waals surface area contributed by atoms with Crippen molar-refractivity contribution in [1.29, 1.82) is 5.26 Å². The molecular weight excluding hydrogens is 246 g/mol. The quantitative estimate of drug-likeness (QED) is 0.847. The third-order valence-electron chi connectivity index (χ3n) is 2.64. The zero-order valence-electron chi connectivity index (χ0n) is 9.97. The first-order chi connectivity index (χ1) is 8.72. The predicted octanol–water partition coefficient (Wildman–Crippen LogP) is 3.24.